The molecule has 0 amide bonds. The number of alkyl halides is 3. The van der Waals surface area contributed by atoms with E-state index < -0.39 is 5.51 Å². The Morgan fingerprint density at radius 2 is 1.46 bits per heavy atom. The third kappa shape index (κ3) is 12.1. The van der Waals surface area contributed by atoms with Crippen LogP contribution in [0, 0.1) is 6.92 Å². The van der Waals surface area contributed by atoms with Crippen LogP contribution < -0.4 is 0 Å². The molecule has 0 aliphatic rings. The van der Waals surface area contributed by atoms with Gasteiger partial charge in [-0.1, -0.05) is 50.8 Å². The molecule has 1 radical (unpaired) electrons. The van der Waals surface area contributed by atoms with Crippen LogP contribution in [0.25, 0.3) is 0 Å². The van der Waals surface area contributed by atoms with Crippen molar-refractivity contribution in [2.75, 3.05) is 5.75 Å². The number of unbranched alkanes of at least 4 members (excludes halogenated alkanes) is 5. The Morgan fingerprint density at radius 3 is 2.00 bits per heavy atom. The monoisotopic (exact) mass is 213 g/mol. The summed E-state index contributed by atoms with van der Waals surface area (Å²) >= 11 is 0.0850. The SMILES string of the molecule is [CH2]CCCCCCCSC(F)(F)F. The second-order valence-electron chi connectivity index (χ2n) is 2.92. The fourth-order valence-electron chi connectivity index (χ4n) is 0.997. The summed E-state index contributed by atoms with van der Waals surface area (Å²) in [5.41, 5.74) is -4.05. The fraction of sp³-hybridized carbons (Fsp3) is 0.889. The lowest BCUT2D eigenvalue weighted by Crippen LogP contribution is -2.01. The normalized spacial score (nSPS) is 12.0. The van der Waals surface area contributed by atoms with Gasteiger partial charge in [-0.15, -0.1) is 0 Å². The zero-order valence-electron chi connectivity index (χ0n) is 7.70. The molecule has 0 spiro atoms. The molecule has 4 heteroatoms. The van der Waals surface area contributed by atoms with Crippen LogP contribution in [0.4, 0.5) is 13.2 Å². The zero-order valence-corrected chi connectivity index (χ0v) is 8.52. The Kier molecular flexibility index (Phi) is 7.62. The predicted molar refractivity (Wildman–Crippen MR) is 51.6 cm³/mol. The molecular formula is C9H16F3S. The van der Waals surface area contributed by atoms with Crippen molar-refractivity contribution in [1.82, 2.24) is 0 Å². The molecule has 0 aromatic rings. The minimum atomic E-state index is -4.05. The van der Waals surface area contributed by atoms with Gasteiger partial charge in [-0.2, -0.15) is 13.2 Å². The highest BCUT2D eigenvalue weighted by Gasteiger charge is 2.27. The van der Waals surface area contributed by atoms with Crippen LogP contribution in [0.2, 0.25) is 0 Å². The summed E-state index contributed by atoms with van der Waals surface area (Å²) in [7, 11) is 0. The topological polar surface area (TPSA) is 0 Å². The van der Waals surface area contributed by atoms with Crippen molar-refractivity contribution in [3.05, 3.63) is 6.92 Å². The Labute approximate surface area is 82.3 Å². The summed E-state index contributed by atoms with van der Waals surface area (Å²) in [6.45, 7) is 3.70. The molecule has 0 heterocycles. The average molecular weight is 213 g/mol. The Balaban J connectivity index is 3.00. The number of rotatable bonds is 7. The van der Waals surface area contributed by atoms with Gasteiger partial charge in [0.25, 0.3) is 0 Å². The molecule has 0 aliphatic carbocycles. The quantitative estimate of drug-likeness (QED) is 0.564. The third-order valence-corrected chi connectivity index (χ3v) is 2.48. The van der Waals surface area contributed by atoms with Crippen LogP contribution in [0.3, 0.4) is 0 Å². The lowest BCUT2D eigenvalue weighted by atomic mass is 10.1. The highest BCUT2D eigenvalue weighted by Crippen LogP contribution is 2.30. The second-order valence-corrected chi connectivity index (χ2v) is 4.08. The van der Waals surface area contributed by atoms with E-state index in [4.69, 9.17) is 0 Å². The van der Waals surface area contributed by atoms with Gasteiger partial charge in [-0.05, 0) is 6.42 Å². The first-order valence-corrected chi connectivity index (χ1v) is 5.55. The summed E-state index contributed by atoms with van der Waals surface area (Å²) in [6, 6.07) is 0. The molecule has 13 heavy (non-hydrogen) atoms. The van der Waals surface area contributed by atoms with Gasteiger partial charge in [0.1, 0.15) is 0 Å². The molecule has 0 nitrogen and oxygen atoms in total. The number of hydrogen-bond donors (Lipinski definition) is 0. The van der Waals surface area contributed by atoms with Crippen LogP contribution in [0.15, 0.2) is 0 Å². The molecule has 79 valence electrons. The molecule has 0 aliphatic heterocycles. The van der Waals surface area contributed by atoms with E-state index in [-0.39, 0.29) is 17.5 Å². The van der Waals surface area contributed by atoms with Crippen molar-refractivity contribution >= 4 is 11.8 Å². The van der Waals surface area contributed by atoms with E-state index in [2.05, 4.69) is 6.92 Å². The Morgan fingerprint density at radius 1 is 0.923 bits per heavy atom. The molecular weight excluding hydrogens is 197 g/mol. The molecule has 0 fully saturated rings. The van der Waals surface area contributed by atoms with Crippen molar-refractivity contribution in [2.45, 2.75) is 44.0 Å². The van der Waals surface area contributed by atoms with Crippen molar-refractivity contribution in [3.8, 4) is 0 Å². The van der Waals surface area contributed by atoms with Crippen molar-refractivity contribution in [2.24, 2.45) is 0 Å². The standard InChI is InChI=1S/C9H16F3S/c1-2-3-4-5-6-7-8-13-9(10,11)12/h1-8H2. The van der Waals surface area contributed by atoms with Gasteiger partial charge in [0, 0.05) is 5.75 Å². The zero-order chi connectivity index (χ0) is 10.2. The number of thioether (sulfide) groups is 1. The van der Waals surface area contributed by atoms with Gasteiger partial charge < -0.3 is 0 Å². The highest BCUT2D eigenvalue weighted by molar-refractivity contribution is 8.00. The van der Waals surface area contributed by atoms with Crippen molar-refractivity contribution in [1.29, 1.82) is 0 Å². The molecule has 0 saturated carbocycles. The average Bonchev–Trinajstić information content (AvgIpc) is 2.01. The summed E-state index contributed by atoms with van der Waals surface area (Å²) in [6.07, 6.45) is 5.72. The Hall–Kier alpha value is 0.140. The van der Waals surface area contributed by atoms with Gasteiger partial charge >= 0.3 is 5.51 Å². The van der Waals surface area contributed by atoms with Crippen molar-refractivity contribution in [3.63, 3.8) is 0 Å². The smallest absolute Gasteiger partial charge is 0.160 e. The van der Waals surface area contributed by atoms with E-state index in [1.807, 2.05) is 0 Å². The minimum absolute atomic E-state index is 0.0850. The van der Waals surface area contributed by atoms with E-state index in [1.165, 1.54) is 0 Å². The van der Waals surface area contributed by atoms with Crippen molar-refractivity contribution < 1.29 is 13.2 Å². The van der Waals surface area contributed by atoms with E-state index in [0.717, 1.165) is 32.1 Å². The first kappa shape index (κ1) is 13.1. The molecule has 0 aromatic carbocycles. The largest absolute Gasteiger partial charge is 0.441 e. The van der Waals surface area contributed by atoms with Gasteiger partial charge in [0.05, 0.1) is 0 Å². The van der Waals surface area contributed by atoms with Crippen LogP contribution in [0.1, 0.15) is 38.5 Å². The van der Waals surface area contributed by atoms with E-state index >= 15 is 0 Å². The summed E-state index contributed by atoms with van der Waals surface area (Å²) < 4.78 is 34.9. The number of hydrogen-bond acceptors (Lipinski definition) is 1. The van der Waals surface area contributed by atoms with Crippen LogP contribution in [-0.2, 0) is 0 Å². The molecule has 0 atom stereocenters. The maximum atomic E-state index is 11.6. The first-order chi connectivity index (χ1) is 6.06. The van der Waals surface area contributed by atoms with Gasteiger partial charge in [-0.3, -0.25) is 0 Å². The highest BCUT2D eigenvalue weighted by atomic mass is 32.2. The molecule has 0 N–H and O–H groups in total. The van der Waals surface area contributed by atoms with Crippen LogP contribution in [0.5, 0.6) is 0 Å². The Bertz CT molecular complexity index is 112. The molecule has 0 unspecified atom stereocenters. The number of halogens is 3. The third-order valence-electron chi connectivity index (χ3n) is 1.66. The summed E-state index contributed by atoms with van der Waals surface area (Å²) in [5.74, 6) is 0.202. The van der Waals surface area contributed by atoms with Gasteiger partial charge in [0.2, 0.25) is 0 Å². The van der Waals surface area contributed by atoms with Gasteiger partial charge in [0.15, 0.2) is 0 Å². The summed E-state index contributed by atoms with van der Waals surface area (Å²) in [4.78, 5) is 0. The predicted octanol–water partition coefficient (Wildman–Crippen LogP) is 4.41. The lowest BCUT2D eigenvalue weighted by molar-refractivity contribution is -0.0328. The molecule has 0 bridgehead atoms. The summed E-state index contributed by atoms with van der Waals surface area (Å²) in [5, 5.41) is 0. The van der Waals surface area contributed by atoms with E-state index in [0.29, 0.717) is 6.42 Å². The molecule has 0 saturated heterocycles. The first-order valence-electron chi connectivity index (χ1n) is 4.56. The minimum Gasteiger partial charge on any atom is -0.160 e. The maximum Gasteiger partial charge on any atom is 0.441 e. The van der Waals surface area contributed by atoms with E-state index in [1.54, 1.807) is 0 Å². The fourth-order valence-corrected chi connectivity index (χ4v) is 1.58. The molecule has 0 aromatic heterocycles. The molecule has 0 rings (SSSR count). The van der Waals surface area contributed by atoms with Crippen LogP contribution in [-0.4, -0.2) is 11.3 Å². The second kappa shape index (κ2) is 7.54. The lowest BCUT2D eigenvalue weighted by Gasteiger charge is -2.04. The van der Waals surface area contributed by atoms with E-state index in [9.17, 15) is 13.2 Å². The van der Waals surface area contributed by atoms with Crippen LogP contribution >= 0.6 is 11.8 Å². The maximum absolute atomic E-state index is 11.6. The van der Waals surface area contributed by atoms with Gasteiger partial charge in [-0.25, -0.2) is 0 Å².